The quantitative estimate of drug-likeness (QED) is 0.380. The fourth-order valence-corrected chi connectivity index (χ4v) is 3.35. The minimum Gasteiger partial charge on any atom is -0.494 e. The van der Waals surface area contributed by atoms with E-state index in [9.17, 15) is 4.79 Å². The van der Waals surface area contributed by atoms with Gasteiger partial charge in [-0.1, -0.05) is 18.2 Å². The molecule has 0 N–H and O–H groups in total. The van der Waals surface area contributed by atoms with Gasteiger partial charge in [0, 0.05) is 37.6 Å². The number of ether oxygens (including phenoxy) is 1. The molecule has 10 nitrogen and oxygen atoms in total. The van der Waals surface area contributed by atoms with E-state index in [4.69, 9.17) is 4.74 Å². The first-order chi connectivity index (χ1) is 15.6. The Morgan fingerprint density at radius 1 is 1.00 bits per heavy atom. The van der Waals surface area contributed by atoms with Gasteiger partial charge in [-0.05, 0) is 11.6 Å². The molecule has 0 unspecified atom stereocenters. The van der Waals surface area contributed by atoms with Gasteiger partial charge in [0.25, 0.3) is 5.78 Å². The number of fused-ring (bicyclic) bond motifs is 1. The second-order valence-electron chi connectivity index (χ2n) is 7.18. The van der Waals surface area contributed by atoms with Gasteiger partial charge in [-0.2, -0.15) is 5.10 Å². The van der Waals surface area contributed by atoms with Crippen LogP contribution in [0, 0.1) is 0 Å². The summed E-state index contributed by atoms with van der Waals surface area (Å²) in [6.45, 7) is 0. The molecule has 5 aromatic rings. The van der Waals surface area contributed by atoms with Crippen LogP contribution in [-0.4, -0.2) is 52.2 Å². The largest absolute Gasteiger partial charge is 0.494 e. The fraction of sp³-hybridized carbons (Fsp3) is 0.136. The lowest BCUT2D eigenvalue weighted by Gasteiger charge is -2.05. The lowest BCUT2D eigenvalue weighted by molar-refractivity contribution is 0.103. The molecule has 0 aliphatic heterocycles. The van der Waals surface area contributed by atoms with Gasteiger partial charge in [-0.3, -0.25) is 13.9 Å². The van der Waals surface area contributed by atoms with Crippen molar-refractivity contribution in [2.75, 3.05) is 7.11 Å². The normalized spacial score (nSPS) is 11.1. The van der Waals surface area contributed by atoms with Crippen molar-refractivity contribution in [3.63, 3.8) is 0 Å². The molecule has 0 spiro atoms. The minimum atomic E-state index is -0.161. The van der Waals surface area contributed by atoms with Crippen LogP contribution in [0.15, 0.2) is 61.4 Å². The first-order valence-electron chi connectivity index (χ1n) is 9.79. The van der Waals surface area contributed by atoms with Crippen molar-refractivity contribution < 1.29 is 9.53 Å². The molecular formula is C22H18N8O2. The molecule has 0 saturated heterocycles. The fourth-order valence-electron chi connectivity index (χ4n) is 3.35. The third-order valence-corrected chi connectivity index (χ3v) is 4.98. The van der Waals surface area contributed by atoms with E-state index in [-0.39, 0.29) is 5.78 Å². The zero-order valence-corrected chi connectivity index (χ0v) is 17.4. The summed E-state index contributed by atoms with van der Waals surface area (Å²) in [5.74, 6) is 2.14. The summed E-state index contributed by atoms with van der Waals surface area (Å²) in [6.07, 6.45) is 10.2. The number of rotatable bonds is 6. The maximum atomic E-state index is 12.8. The highest BCUT2D eigenvalue weighted by Gasteiger charge is 2.15. The Kier molecular flexibility index (Phi) is 4.86. The molecule has 4 heterocycles. The molecule has 10 heteroatoms. The van der Waals surface area contributed by atoms with Gasteiger partial charge in [0.2, 0.25) is 0 Å². The van der Waals surface area contributed by atoms with Crippen molar-refractivity contribution in [1.29, 1.82) is 0 Å². The molecule has 0 bridgehead atoms. The molecule has 0 aliphatic rings. The number of carbonyl (C=O) groups excluding carboxylic acids is 1. The van der Waals surface area contributed by atoms with Crippen LogP contribution < -0.4 is 4.74 Å². The van der Waals surface area contributed by atoms with E-state index >= 15 is 0 Å². The van der Waals surface area contributed by atoms with Crippen LogP contribution >= 0.6 is 0 Å². The number of hydrogen-bond donors (Lipinski definition) is 0. The Hall–Kier alpha value is -4.47. The van der Waals surface area contributed by atoms with Gasteiger partial charge in [-0.25, -0.2) is 15.0 Å². The molecule has 158 valence electrons. The summed E-state index contributed by atoms with van der Waals surface area (Å²) in [7, 11) is 3.34. The van der Waals surface area contributed by atoms with Crippen molar-refractivity contribution in [2.45, 2.75) is 6.42 Å². The number of nitrogens with zero attached hydrogens (tertiary/aromatic N) is 8. The van der Waals surface area contributed by atoms with Gasteiger partial charge in [0.1, 0.15) is 5.82 Å². The zero-order chi connectivity index (χ0) is 22.1. The summed E-state index contributed by atoms with van der Waals surface area (Å²) in [5, 5.41) is 12.5. The third-order valence-electron chi connectivity index (χ3n) is 4.98. The standard InChI is InChI=1S/C22H18N8O2/c1-29-12-17(9-26-29)20(31)16-8-25-22-28-27-19(30(22)13-16)7-14-4-3-5-15(6-14)21-23-10-18(32-2)11-24-21/h3-6,8-13H,7H2,1-2H3. The maximum absolute atomic E-state index is 12.8. The van der Waals surface area contributed by atoms with E-state index in [0.29, 0.717) is 40.7 Å². The van der Waals surface area contributed by atoms with E-state index in [2.05, 4.69) is 30.2 Å². The lowest BCUT2D eigenvalue weighted by Crippen LogP contribution is -2.05. The molecular weight excluding hydrogens is 408 g/mol. The predicted molar refractivity (Wildman–Crippen MR) is 114 cm³/mol. The molecule has 0 atom stereocenters. The Labute approximate surface area is 182 Å². The average Bonchev–Trinajstić information content (AvgIpc) is 3.45. The van der Waals surface area contributed by atoms with Crippen molar-refractivity contribution in [3.05, 3.63) is 84.0 Å². The van der Waals surface area contributed by atoms with Crippen LogP contribution in [0.2, 0.25) is 0 Å². The predicted octanol–water partition coefficient (Wildman–Crippen LogP) is 2.15. The van der Waals surface area contributed by atoms with Crippen molar-refractivity contribution >= 4 is 11.6 Å². The monoisotopic (exact) mass is 426 g/mol. The second-order valence-corrected chi connectivity index (χ2v) is 7.18. The molecule has 0 saturated carbocycles. The van der Waals surface area contributed by atoms with E-state index in [0.717, 1.165) is 11.1 Å². The van der Waals surface area contributed by atoms with Crippen LogP contribution in [0.1, 0.15) is 27.3 Å². The SMILES string of the molecule is COc1cnc(-c2cccc(Cc3nnc4ncc(C(=O)c5cnn(C)c5)cn34)c2)nc1. The van der Waals surface area contributed by atoms with Gasteiger partial charge in [0.05, 0.1) is 36.8 Å². The van der Waals surface area contributed by atoms with Crippen LogP contribution in [0.25, 0.3) is 17.2 Å². The minimum absolute atomic E-state index is 0.161. The first kappa shape index (κ1) is 19.5. The smallest absolute Gasteiger partial charge is 0.254 e. The van der Waals surface area contributed by atoms with E-state index < -0.39 is 0 Å². The Balaban J connectivity index is 1.44. The molecule has 1 aromatic carbocycles. The maximum Gasteiger partial charge on any atom is 0.254 e. The summed E-state index contributed by atoms with van der Waals surface area (Å²) in [6, 6.07) is 7.88. The van der Waals surface area contributed by atoms with Crippen molar-refractivity contribution in [3.8, 4) is 17.1 Å². The van der Waals surface area contributed by atoms with Gasteiger partial charge in [-0.15, -0.1) is 10.2 Å². The van der Waals surface area contributed by atoms with E-state index in [1.807, 2.05) is 24.3 Å². The van der Waals surface area contributed by atoms with E-state index in [1.54, 1.807) is 48.0 Å². The highest BCUT2D eigenvalue weighted by atomic mass is 16.5. The Bertz CT molecular complexity index is 1420. The van der Waals surface area contributed by atoms with Crippen LogP contribution in [0.4, 0.5) is 0 Å². The molecule has 5 rings (SSSR count). The van der Waals surface area contributed by atoms with Crippen molar-refractivity contribution in [1.82, 2.24) is 39.3 Å². The number of aryl methyl sites for hydroxylation is 1. The molecule has 4 aromatic heterocycles. The van der Waals surface area contributed by atoms with Crippen LogP contribution in [-0.2, 0) is 13.5 Å². The molecule has 32 heavy (non-hydrogen) atoms. The van der Waals surface area contributed by atoms with Gasteiger partial charge >= 0.3 is 0 Å². The highest BCUT2D eigenvalue weighted by Crippen LogP contribution is 2.20. The van der Waals surface area contributed by atoms with Crippen molar-refractivity contribution in [2.24, 2.45) is 7.05 Å². The van der Waals surface area contributed by atoms with Gasteiger partial charge in [0.15, 0.2) is 17.4 Å². The number of methoxy groups -OCH3 is 1. The Morgan fingerprint density at radius 2 is 1.81 bits per heavy atom. The number of benzene rings is 1. The topological polar surface area (TPSA) is 113 Å². The Morgan fingerprint density at radius 3 is 2.56 bits per heavy atom. The van der Waals surface area contributed by atoms with Gasteiger partial charge < -0.3 is 4.74 Å². The molecule has 0 amide bonds. The zero-order valence-electron chi connectivity index (χ0n) is 17.4. The summed E-state index contributed by atoms with van der Waals surface area (Å²) in [5.41, 5.74) is 2.81. The van der Waals surface area contributed by atoms with Crippen LogP contribution in [0.3, 0.4) is 0 Å². The van der Waals surface area contributed by atoms with E-state index in [1.165, 1.54) is 12.4 Å². The third kappa shape index (κ3) is 3.69. The lowest BCUT2D eigenvalue weighted by atomic mass is 10.1. The second kappa shape index (κ2) is 7.99. The molecule has 0 radical (unpaired) electrons. The first-order valence-corrected chi connectivity index (χ1v) is 9.79. The highest BCUT2D eigenvalue weighted by molar-refractivity contribution is 6.08. The summed E-state index contributed by atoms with van der Waals surface area (Å²) in [4.78, 5) is 25.8. The number of ketones is 1. The average molecular weight is 426 g/mol. The number of carbonyl (C=O) groups is 1. The molecule has 0 aliphatic carbocycles. The molecule has 0 fully saturated rings. The summed E-state index contributed by atoms with van der Waals surface area (Å²) >= 11 is 0. The number of aromatic nitrogens is 8. The number of hydrogen-bond acceptors (Lipinski definition) is 8. The summed E-state index contributed by atoms with van der Waals surface area (Å²) < 4.78 is 8.44. The van der Waals surface area contributed by atoms with Crippen LogP contribution in [0.5, 0.6) is 5.75 Å².